The van der Waals surface area contributed by atoms with Gasteiger partial charge in [0.15, 0.2) is 0 Å². The van der Waals surface area contributed by atoms with Crippen LogP contribution in [-0.2, 0) is 0 Å². The van der Waals surface area contributed by atoms with Crippen LogP contribution in [0.15, 0.2) is 25.4 Å². The van der Waals surface area contributed by atoms with Gasteiger partial charge in [-0.05, 0) is 12.5 Å². The highest BCUT2D eigenvalue weighted by Crippen LogP contribution is 2.71. The largest absolute Gasteiger partial charge is 0.149 e. The highest BCUT2D eigenvalue weighted by molar-refractivity contribution is 8.49. The second kappa shape index (κ2) is 7.53. The molecule has 4 heterocycles. The van der Waals surface area contributed by atoms with E-state index in [0.717, 1.165) is 0 Å². The van der Waals surface area contributed by atoms with E-state index in [1.165, 1.54) is 13.6 Å². The summed E-state index contributed by atoms with van der Waals surface area (Å²) < 4.78 is 10.6. The zero-order chi connectivity index (χ0) is 14.4. The van der Waals surface area contributed by atoms with Crippen molar-refractivity contribution in [2.75, 3.05) is 17.6 Å². The molecule has 0 fully saturated rings. The zero-order valence-corrected chi connectivity index (χ0v) is 19.1. The summed E-state index contributed by atoms with van der Waals surface area (Å²) in [6, 6.07) is 0. The minimum atomic E-state index is 0.685. The van der Waals surface area contributed by atoms with E-state index in [-0.39, 0.29) is 0 Å². The van der Waals surface area contributed by atoms with Crippen molar-refractivity contribution in [2.24, 2.45) is 0 Å². The SMILES string of the molecule is CSC(SC)C1SC2=C(SC(=C3SC4=C(SCS4)S3)S2)S1. The Morgan fingerprint density at radius 1 is 0.762 bits per heavy atom. The first-order valence-corrected chi connectivity index (χ1v) is 15.4. The lowest BCUT2D eigenvalue weighted by atomic mass is 10.9. The third-order valence-electron chi connectivity index (χ3n) is 2.75. The summed E-state index contributed by atoms with van der Waals surface area (Å²) >= 11 is 20.2. The molecule has 114 valence electrons. The number of thioether (sulfide) groups is 10. The molecule has 0 saturated carbocycles. The third kappa shape index (κ3) is 3.51. The van der Waals surface area contributed by atoms with Crippen molar-refractivity contribution in [3.8, 4) is 0 Å². The summed E-state index contributed by atoms with van der Waals surface area (Å²) in [5.74, 6) is 0. The van der Waals surface area contributed by atoms with E-state index < -0.39 is 0 Å². The maximum absolute atomic E-state index is 2.23. The van der Waals surface area contributed by atoms with Crippen molar-refractivity contribution in [3.05, 3.63) is 25.4 Å². The van der Waals surface area contributed by atoms with E-state index in [1.54, 1.807) is 16.9 Å². The topological polar surface area (TPSA) is 0 Å². The average molecular weight is 463 g/mol. The maximum Gasteiger partial charge on any atom is 0.0817 e. The molecule has 4 aliphatic heterocycles. The van der Waals surface area contributed by atoms with Crippen LogP contribution in [-0.4, -0.2) is 26.8 Å². The van der Waals surface area contributed by atoms with Crippen molar-refractivity contribution in [1.29, 1.82) is 0 Å². The molecule has 0 N–H and O–H groups in total. The Morgan fingerprint density at radius 2 is 1.24 bits per heavy atom. The van der Waals surface area contributed by atoms with Gasteiger partial charge < -0.3 is 0 Å². The first kappa shape index (κ1) is 17.1. The number of rotatable bonds is 3. The number of hydrogen-bond acceptors (Lipinski definition) is 10. The Morgan fingerprint density at radius 3 is 1.71 bits per heavy atom. The molecule has 4 rings (SSSR count). The fraction of sp³-hybridized carbons (Fsp3) is 0.455. The third-order valence-corrected chi connectivity index (χ3v) is 18.3. The first-order valence-electron chi connectivity index (χ1n) is 5.87. The van der Waals surface area contributed by atoms with Crippen LogP contribution in [0.4, 0.5) is 0 Å². The van der Waals surface area contributed by atoms with Crippen molar-refractivity contribution < 1.29 is 0 Å². The van der Waals surface area contributed by atoms with E-state index in [1.807, 2.05) is 94.1 Å². The van der Waals surface area contributed by atoms with Crippen LogP contribution < -0.4 is 0 Å². The van der Waals surface area contributed by atoms with Gasteiger partial charge in [-0.15, -0.1) is 70.6 Å². The van der Waals surface area contributed by atoms with Gasteiger partial charge in [0.1, 0.15) is 0 Å². The van der Waals surface area contributed by atoms with E-state index in [9.17, 15) is 0 Å². The van der Waals surface area contributed by atoms with Gasteiger partial charge in [0.05, 0.1) is 34.6 Å². The van der Waals surface area contributed by atoms with E-state index in [0.29, 0.717) is 9.16 Å². The van der Waals surface area contributed by atoms with Gasteiger partial charge in [0, 0.05) is 5.08 Å². The number of hydrogen-bond donors (Lipinski definition) is 0. The Hall–Kier alpha value is 2.72. The lowest BCUT2D eigenvalue weighted by molar-refractivity contribution is 1.38. The van der Waals surface area contributed by atoms with Crippen LogP contribution in [0.5, 0.6) is 0 Å². The van der Waals surface area contributed by atoms with Gasteiger partial charge in [0.25, 0.3) is 0 Å². The van der Waals surface area contributed by atoms with Gasteiger partial charge in [-0.2, -0.15) is 0 Å². The highest BCUT2D eigenvalue weighted by atomic mass is 32.3. The molecule has 21 heavy (non-hydrogen) atoms. The summed E-state index contributed by atoms with van der Waals surface area (Å²) in [4.78, 5) is 0. The lowest BCUT2D eigenvalue weighted by Crippen LogP contribution is -2.09. The summed E-state index contributed by atoms with van der Waals surface area (Å²) in [6.45, 7) is 0. The average Bonchev–Trinajstić information content (AvgIpc) is 3.16. The molecule has 0 aromatic heterocycles. The Balaban J connectivity index is 1.41. The molecule has 0 amide bonds. The van der Waals surface area contributed by atoms with Crippen LogP contribution in [0.25, 0.3) is 0 Å². The standard InChI is InChI=1S/C11H10S10/c1-12-4(13-2)7-18-10-11(19-7)21-9(20-10)8-16-5-6(17-8)15-3-14-5/h4,7H,3H2,1-2H3. The predicted molar refractivity (Wildman–Crippen MR) is 121 cm³/mol. The van der Waals surface area contributed by atoms with Crippen LogP contribution in [0, 0.1) is 0 Å². The summed E-state index contributed by atoms with van der Waals surface area (Å²) in [6.07, 6.45) is 4.46. The zero-order valence-electron chi connectivity index (χ0n) is 10.9. The monoisotopic (exact) mass is 462 g/mol. The quantitative estimate of drug-likeness (QED) is 0.382. The molecular weight excluding hydrogens is 453 g/mol. The molecule has 0 spiro atoms. The summed E-state index contributed by atoms with van der Waals surface area (Å²) in [7, 11) is 0. The van der Waals surface area contributed by atoms with Gasteiger partial charge in [-0.3, -0.25) is 0 Å². The molecule has 0 unspecified atom stereocenters. The fourth-order valence-corrected chi connectivity index (χ4v) is 18.3. The Kier molecular flexibility index (Phi) is 6.15. The van der Waals surface area contributed by atoms with Crippen molar-refractivity contribution in [2.45, 2.75) is 9.16 Å². The molecule has 0 bridgehead atoms. The molecule has 0 aliphatic carbocycles. The maximum atomic E-state index is 2.23. The Bertz CT molecular complexity index is 519. The molecule has 0 saturated heterocycles. The smallest absolute Gasteiger partial charge is 0.0817 e. The molecule has 4 aliphatic rings. The van der Waals surface area contributed by atoms with Gasteiger partial charge in [0.2, 0.25) is 0 Å². The first-order chi connectivity index (χ1) is 10.3. The second-order valence-corrected chi connectivity index (χ2v) is 16.8. The van der Waals surface area contributed by atoms with Gasteiger partial charge in [-0.25, -0.2) is 0 Å². The normalized spacial score (nSPS) is 25.9. The molecule has 0 radical (unpaired) electrons. The molecule has 0 aromatic rings. The molecule has 0 aromatic carbocycles. The summed E-state index contributed by atoms with van der Waals surface area (Å²) in [5, 5.41) is 1.21. The van der Waals surface area contributed by atoms with Crippen molar-refractivity contribution in [1.82, 2.24) is 0 Å². The molecule has 10 heteroatoms. The minimum absolute atomic E-state index is 0.685. The van der Waals surface area contributed by atoms with E-state index in [4.69, 9.17) is 0 Å². The highest BCUT2D eigenvalue weighted by Gasteiger charge is 2.39. The van der Waals surface area contributed by atoms with Crippen LogP contribution in [0.3, 0.4) is 0 Å². The van der Waals surface area contributed by atoms with Crippen LogP contribution in [0.2, 0.25) is 0 Å². The lowest BCUT2D eigenvalue weighted by Gasteiger charge is -2.19. The van der Waals surface area contributed by atoms with E-state index in [2.05, 4.69) is 36.0 Å². The van der Waals surface area contributed by atoms with Crippen LogP contribution >= 0.6 is 118 Å². The van der Waals surface area contributed by atoms with Crippen molar-refractivity contribution >= 4 is 118 Å². The second-order valence-electron chi connectivity index (χ2n) is 3.98. The Labute approximate surface area is 168 Å². The molecule has 0 atom stereocenters. The predicted octanol–water partition coefficient (Wildman–Crippen LogP) is 7.62. The molecule has 0 nitrogen and oxygen atoms in total. The fourth-order valence-electron chi connectivity index (χ4n) is 1.83. The summed E-state index contributed by atoms with van der Waals surface area (Å²) in [5.41, 5.74) is 0. The van der Waals surface area contributed by atoms with E-state index >= 15 is 0 Å². The molecular formula is C11H10S10. The minimum Gasteiger partial charge on any atom is -0.149 e. The van der Waals surface area contributed by atoms with Gasteiger partial charge in [-0.1, -0.05) is 47.0 Å². The van der Waals surface area contributed by atoms with Crippen LogP contribution in [0.1, 0.15) is 0 Å². The van der Waals surface area contributed by atoms with Crippen molar-refractivity contribution in [3.63, 3.8) is 0 Å². The van der Waals surface area contributed by atoms with Gasteiger partial charge >= 0.3 is 0 Å².